The van der Waals surface area contributed by atoms with Crippen LogP contribution in [0, 0.1) is 0 Å². The van der Waals surface area contributed by atoms with Gasteiger partial charge < -0.3 is 10.0 Å². The Morgan fingerprint density at radius 2 is 1.89 bits per heavy atom. The van der Waals surface area contributed by atoms with E-state index in [2.05, 4.69) is 0 Å². The SMILES string of the molecule is CCc1cc(C=C2SCN(C)C2=O)cc(CC)c1O. The van der Waals surface area contributed by atoms with Crippen molar-refractivity contribution in [2.75, 3.05) is 12.9 Å². The zero-order chi connectivity index (χ0) is 14.0. The molecule has 0 unspecified atom stereocenters. The van der Waals surface area contributed by atoms with Crippen molar-refractivity contribution < 1.29 is 9.90 Å². The zero-order valence-corrected chi connectivity index (χ0v) is 12.4. The molecule has 0 radical (unpaired) electrons. The minimum Gasteiger partial charge on any atom is -0.507 e. The summed E-state index contributed by atoms with van der Waals surface area (Å²) in [7, 11) is 1.81. The van der Waals surface area contributed by atoms with Gasteiger partial charge in [0.15, 0.2) is 0 Å². The van der Waals surface area contributed by atoms with Gasteiger partial charge in [-0.15, -0.1) is 0 Å². The van der Waals surface area contributed by atoms with Gasteiger partial charge in [0.25, 0.3) is 5.91 Å². The van der Waals surface area contributed by atoms with Crippen LogP contribution in [0.5, 0.6) is 5.75 Å². The maximum absolute atomic E-state index is 11.9. The summed E-state index contributed by atoms with van der Waals surface area (Å²) in [5.41, 5.74) is 2.88. The Hall–Kier alpha value is -1.42. The van der Waals surface area contributed by atoms with Crippen LogP contribution in [0.3, 0.4) is 0 Å². The molecule has 0 saturated carbocycles. The number of phenols is 1. The molecule has 2 rings (SSSR count). The molecule has 4 heteroatoms. The maximum atomic E-state index is 11.9. The molecular formula is C15H19NO2S. The Morgan fingerprint density at radius 3 is 2.32 bits per heavy atom. The molecule has 1 aliphatic rings. The average molecular weight is 277 g/mol. The second kappa shape index (κ2) is 5.70. The van der Waals surface area contributed by atoms with Crippen LogP contribution < -0.4 is 0 Å². The first kappa shape index (κ1) is 14.0. The molecule has 1 heterocycles. The first-order chi connectivity index (χ1) is 9.06. The van der Waals surface area contributed by atoms with Gasteiger partial charge in [0, 0.05) is 7.05 Å². The summed E-state index contributed by atoms with van der Waals surface area (Å²) >= 11 is 1.56. The summed E-state index contributed by atoms with van der Waals surface area (Å²) in [6.07, 6.45) is 3.50. The molecule has 102 valence electrons. The van der Waals surface area contributed by atoms with Crippen LogP contribution in [0.1, 0.15) is 30.5 Å². The second-order valence-electron chi connectivity index (χ2n) is 4.68. The van der Waals surface area contributed by atoms with Gasteiger partial charge in [0.1, 0.15) is 5.75 Å². The third kappa shape index (κ3) is 2.78. The van der Waals surface area contributed by atoms with Gasteiger partial charge in [0.05, 0.1) is 10.8 Å². The van der Waals surface area contributed by atoms with Crippen LogP contribution in [-0.4, -0.2) is 28.8 Å². The van der Waals surface area contributed by atoms with Gasteiger partial charge in [-0.1, -0.05) is 25.6 Å². The predicted molar refractivity (Wildman–Crippen MR) is 80.1 cm³/mol. The van der Waals surface area contributed by atoms with Crippen molar-refractivity contribution in [3.05, 3.63) is 33.7 Å². The van der Waals surface area contributed by atoms with Crippen molar-refractivity contribution in [3.8, 4) is 5.75 Å². The molecule has 1 aromatic rings. The average Bonchev–Trinajstić information content (AvgIpc) is 2.72. The Balaban J connectivity index is 2.41. The van der Waals surface area contributed by atoms with E-state index in [0.717, 1.165) is 34.4 Å². The number of aryl methyl sites for hydroxylation is 2. The van der Waals surface area contributed by atoms with E-state index >= 15 is 0 Å². The number of likely N-dealkylation sites (N-methyl/N-ethyl adjacent to an activating group) is 1. The summed E-state index contributed by atoms with van der Waals surface area (Å²) in [4.78, 5) is 14.4. The molecule has 0 spiro atoms. The highest BCUT2D eigenvalue weighted by molar-refractivity contribution is 8.04. The minimum atomic E-state index is 0.0779. The van der Waals surface area contributed by atoms with E-state index in [9.17, 15) is 9.90 Å². The van der Waals surface area contributed by atoms with Gasteiger partial charge >= 0.3 is 0 Å². The number of hydrogen-bond acceptors (Lipinski definition) is 3. The van der Waals surface area contributed by atoms with Crippen LogP contribution >= 0.6 is 11.8 Å². The number of hydrogen-bond donors (Lipinski definition) is 1. The highest BCUT2D eigenvalue weighted by Crippen LogP contribution is 2.31. The number of amides is 1. The van der Waals surface area contributed by atoms with E-state index in [1.165, 1.54) is 0 Å². The first-order valence-electron chi connectivity index (χ1n) is 6.51. The molecular weight excluding hydrogens is 258 g/mol. The highest BCUT2D eigenvalue weighted by atomic mass is 32.2. The van der Waals surface area contributed by atoms with Gasteiger partial charge in [-0.3, -0.25) is 4.79 Å². The fraction of sp³-hybridized carbons (Fsp3) is 0.400. The number of carbonyl (C=O) groups excluding carboxylic acids is 1. The zero-order valence-electron chi connectivity index (χ0n) is 11.6. The molecule has 0 aromatic heterocycles. The van der Waals surface area contributed by atoms with E-state index in [1.807, 2.05) is 39.1 Å². The van der Waals surface area contributed by atoms with E-state index in [1.54, 1.807) is 16.7 Å². The Kier molecular flexibility index (Phi) is 4.20. The lowest BCUT2D eigenvalue weighted by atomic mass is 10.0. The Morgan fingerprint density at radius 1 is 1.32 bits per heavy atom. The monoisotopic (exact) mass is 277 g/mol. The molecule has 1 N–H and O–H groups in total. The van der Waals surface area contributed by atoms with Gasteiger partial charge in [0.2, 0.25) is 0 Å². The lowest BCUT2D eigenvalue weighted by Crippen LogP contribution is -2.18. The van der Waals surface area contributed by atoms with E-state index in [0.29, 0.717) is 11.6 Å². The van der Waals surface area contributed by atoms with Crippen molar-refractivity contribution in [2.45, 2.75) is 26.7 Å². The normalized spacial score (nSPS) is 17.5. The van der Waals surface area contributed by atoms with Crippen molar-refractivity contribution in [1.29, 1.82) is 0 Å². The topological polar surface area (TPSA) is 40.5 Å². The van der Waals surface area contributed by atoms with Crippen LogP contribution in [0.2, 0.25) is 0 Å². The fourth-order valence-corrected chi connectivity index (χ4v) is 3.09. The number of thioether (sulfide) groups is 1. The summed E-state index contributed by atoms with van der Waals surface area (Å²) in [6, 6.07) is 3.93. The van der Waals surface area contributed by atoms with Gasteiger partial charge in [-0.25, -0.2) is 0 Å². The largest absolute Gasteiger partial charge is 0.507 e. The Labute approximate surface area is 118 Å². The molecule has 0 bridgehead atoms. The summed E-state index contributed by atoms with van der Waals surface area (Å²) in [6.45, 7) is 4.04. The molecule has 1 fully saturated rings. The predicted octanol–water partition coefficient (Wildman–Crippen LogP) is 3.02. The smallest absolute Gasteiger partial charge is 0.260 e. The lowest BCUT2D eigenvalue weighted by Gasteiger charge is -2.09. The molecule has 19 heavy (non-hydrogen) atoms. The van der Waals surface area contributed by atoms with Crippen molar-refractivity contribution in [3.63, 3.8) is 0 Å². The first-order valence-corrected chi connectivity index (χ1v) is 7.50. The number of benzene rings is 1. The van der Waals surface area contributed by atoms with E-state index < -0.39 is 0 Å². The van der Waals surface area contributed by atoms with E-state index in [4.69, 9.17) is 0 Å². The number of rotatable bonds is 3. The van der Waals surface area contributed by atoms with E-state index in [-0.39, 0.29) is 5.91 Å². The van der Waals surface area contributed by atoms with Crippen LogP contribution in [0.15, 0.2) is 17.0 Å². The summed E-state index contributed by atoms with van der Waals surface area (Å²) in [5, 5.41) is 10.1. The standard InChI is InChI=1S/C15H19NO2S/c1-4-11-6-10(7-12(5-2)14(11)17)8-13-15(18)16(3)9-19-13/h6-8,17H,4-5,9H2,1-3H3. The van der Waals surface area contributed by atoms with Crippen molar-refractivity contribution >= 4 is 23.7 Å². The van der Waals surface area contributed by atoms with Crippen molar-refractivity contribution in [1.82, 2.24) is 4.90 Å². The second-order valence-corrected chi connectivity index (χ2v) is 5.67. The maximum Gasteiger partial charge on any atom is 0.260 e. The Bertz CT molecular complexity index is 512. The van der Waals surface area contributed by atoms with Crippen LogP contribution in [0.25, 0.3) is 6.08 Å². The molecule has 1 aromatic carbocycles. The molecule has 0 atom stereocenters. The fourth-order valence-electron chi connectivity index (χ4n) is 2.14. The number of carbonyl (C=O) groups is 1. The number of phenolic OH excluding ortho intramolecular Hbond substituents is 1. The summed E-state index contributed by atoms with van der Waals surface area (Å²) in [5.74, 6) is 1.19. The lowest BCUT2D eigenvalue weighted by molar-refractivity contribution is -0.123. The number of aromatic hydroxyl groups is 1. The molecule has 1 amide bonds. The molecule has 3 nitrogen and oxygen atoms in total. The molecule has 1 saturated heterocycles. The van der Waals surface area contributed by atoms with Crippen LogP contribution in [0.4, 0.5) is 0 Å². The summed E-state index contributed by atoms with van der Waals surface area (Å²) < 4.78 is 0. The van der Waals surface area contributed by atoms with Gasteiger partial charge in [-0.2, -0.15) is 0 Å². The molecule has 0 aliphatic carbocycles. The molecule has 1 aliphatic heterocycles. The third-order valence-corrected chi connectivity index (χ3v) is 4.44. The minimum absolute atomic E-state index is 0.0779. The highest BCUT2D eigenvalue weighted by Gasteiger charge is 2.23. The number of nitrogens with zero attached hydrogens (tertiary/aromatic N) is 1. The van der Waals surface area contributed by atoms with Gasteiger partial charge in [-0.05, 0) is 47.7 Å². The van der Waals surface area contributed by atoms with Crippen LogP contribution in [-0.2, 0) is 17.6 Å². The third-order valence-electron chi connectivity index (χ3n) is 3.32. The van der Waals surface area contributed by atoms with Crippen molar-refractivity contribution in [2.24, 2.45) is 0 Å². The quantitative estimate of drug-likeness (QED) is 0.863.